The van der Waals surface area contributed by atoms with Crippen LogP contribution >= 0.6 is 0 Å². The van der Waals surface area contributed by atoms with Crippen LogP contribution in [0.4, 0.5) is 34.1 Å². The van der Waals surface area contributed by atoms with Crippen LogP contribution in [0.3, 0.4) is 0 Å². The smallest absolute Gasteiger partial charge is 0.252 e. The summed E-state index contributed by atoms with van der Waals surface area (Å²) < 4.78 is 9.45. The fraction of sp³-hybridized carbons (Fsp3) is 0.115. The standard InChI is InChI=1S/C104H82BN3O/c1-102(2,3)70-58-83(65-33-14-10-15-34-65)99(84(59-70)66-35-16-11-17-36-66)107-91-57-69(96-77-44-22-24-46-79(77)97(80-47-25-23-45-78(80)96)82-49-32-48-81-76-43-28-31-52-95(76)109-101(81)82)53-55-87(91)105-88-56-54-73(106-89-50-29-26-41-74(89)75-42-27-30-51-90(75)106)64-92(88)108(94-63-72(104(7,8)9)62-93(107)98(94)105)100-85(67-37-18-12-19-38-67)60-71(103(4,5)6)61-86(100)68-39-20-13-21-40-68/h10-64H,1-9H3. The third-order valence-electron chi connectivity index (χ3n) is 23.4. The lowest BCUT2D eigenvalue weighted by Crippen LogP contribution is -2.61. The van der Waals surface area contributed by atoms with E-state index in [0.717, 1.165) is 112 Å². The highest BCUT2D eigenvalue weighted by Crippen LogP contribution is 2.57. The summed E-state index contributed by atoms with van der Waals surface area (Å²) in [6.45, 7) is 21.1. The number of fused-ring (bicyclic) bond motifs is 12. The van der Waals surface area contributed by atoms with Crippen molar-refractivity contribution in [2.45, 2.75) is 78.6 Å². The molecular formula is C104H82BN3O. The summed E-state index contributed by atoms with van der Waals surface area (Å²) in [6.07, 6.45) is 0. The van der Waals surface area contributed by atoms with Crippen molar-refractivity contribution in [3.05, 3.63) is 350 Å². The van der Waals surface area contributed by atoms with Crippen LogP contribution in [0.15, 0.2) is 338 Å². The Morgan fingerprint density at radius 3 is 1.08 bits per heavy atom. The van der Waals surface area contributed by atoms with Gasteiger partial charge in [-0.15, -0.1) is 0 Å². The minimum atomic E-state index is -0.348. The number of benzene rings is 16. The second-order valence-corrected chi connectivity index (χ2v) is 33.1. The summed E-state index contributed by atoms with van der Waals surface area (Å²) in [5.41, 5.74) is 32.6. The summed E-state index contributed by atoms with van der Waals surface area (Å²) in [4.78, 5) is 5.48. The first-order valence-electron chi connectivity index (χ1n) is 38.5. The fourth-order valence-electron chi connectivity index (χ4n) is 18.0. The van der Waals surface area contributed by atoms with Crippen molar-refractivity contribution >= 4 is 123 Å². The SMILES string of the molecule is CC(C)(C)c1cc(-c2ccccc2)c(N2c3cc(-c4c5ccccc5c(-c5cccc6c5oc5ccccc56)c5ccccc45)ccc3B3c4ccc(-n5c6ccccc6c6ccccc65)cc4N(c4c(-c5ccccc5)cc(C(C)(C)C)cc4-c4ccccc4)c4cc(C(C)(C)C)cc2c43)c(-c2ccccc2)c1. The molecular weight excluding hydrogens is 1320 g/mol. The van der Waals surface area contributed by atoms with Crippen molar-refractivity contribution in [2.75, 3.05) is 9.80 Å². The van der Waals surface area contributed by atoms with E-state index in [9.17, 15) is 0 Å². The van der Waals surface area contributed by atoms with Crippen LogP contribution in [-0.4, -0.2) is 11.3 Å². The van der Waals surface area contributed by atoms with Crippen molar-refractivity contribution in [3.8, 4) is 72.4 Å². The van der Waals surface area contributed by atoms with E-state index in [0.29, 0.717) is 0 Å². The average molecular weight is 1400 g/mol. The van der Waals surface area contributed by atoms with Gasteiger partial charge in [-0.1, -0.05) is 323 Å². The molecule has 16 aromatic carbocycles. The van der Waals surface area contributed by atoms with Gasteiger partial charge in [0.05, 0.1) is 22.4 Å². The summed E-state index contributed by atoms with van der Waals surface area (Å²) in [6, 6.07) is 126. The lowest BCUT2D eigenvalue weighted by molar-refractivity contribution is 0.590. The molecule has 0 N–H and O–H groups in total. The Kier molecular flexibility index (Phi) is 15.1. The largest absolute Gasteiger partial charge is 0.455 e. The van der Waals surface area contributed by atoms with Crippen LogP contribution in [0.2, 0.25) is 0 Å². The molecule has 0 aliphatic carbocycles. The van der Waals surface area contributed by atoms with Gasteiger partial charge in [-0.25, -0.2) is 0 Å². The molecule has 0 unspecified atom stereocenters. The van der Waals surface area contributed by atoms with Crippen LogP contribution in [0.1, 0.15) is 79.0 Å². The highest BCUT2D eigenvalue weighted by Gasteiger charge is 2.47. The van der Waals surface area contributed by atoms with E-state index >= 15 is 0 Å². The molecule has 0 radical (unpaired) electrons. The molecule has 20 rings (SSSR count). The number of hydrogen-bond donors (Lipinski definition) is 0. The van der Waals surface area contributed by atoms with Crippen LogP contribution in [0.5, 0.6) is 0 Å². The van der Waals surface area contributed by atoms with Crippen molar-refractivity contribution < 1.29 is 4.42 Å². The normalized spacial score (nSPS) is 12.9. The highest BCUT2D eigenvalue weighted by molar-refractivity contribution is 7.00. The van der Waals surface area contributed by atoms with Gasteiger partial charge < -0.3 is 18.8 Å². The van der Waals surface area contributed by atoms with Gasteiger partial charge in [0.1, 0.15) is 11.2 Å². The van der Waals surface area contributed by atoms with Crippen LogP contribution in [-0.2, 0) is 16.2 Å². The molecule has 0 saturated carbocycles. The molecule has 522 valence electrons. The second kappa shape index (κ2) is 25.0. The number of anilines is 6. The Morgan fingerprint density at radius 2 is 0.633 bits per heavy atom. The molecule has 109 heavy (non-hydrogen) atoms. The fourth-order valence-corrected chi connectivity index (χ4v) is 18.0. The number of hydrogen-bond acceptors (Lipinski definition) is 3. The molecule has 0 spiro atoms. The van der Waals surface area contributed by atoms with Crippen molar-refractivity contribution in [3.63, 3.8) is 0 Å². The maximum absolute atomic E-state index is 6.94. The van der Waals surface area contributed by atoms with Gasteiger partial charge in [0.2, 0.25) is 0 Å². The minimum absolute atomic E-state index is 0.200. The molecule has 2 aliphatic rings. The molecule has 4 nitrogen and oxygen atoms in total. The maximum atomic E-state index is 6.94. The van der Waals surface area contributed by atoms with Crippen LogP contribution in [0.25, 0.3) is 138 Å². The quantitative estimate of drug-likeness (QED) is 0.106. The Bertz CT molecular complexity index is 6490. The van der Waals surface area contributed by atoms with Crippen LogP contribution in [0, 0.1) is 0 Å². The average Bonchev–Trinajstić information content (AvgIpc) is 0.963. The first-order valence-corrected chi connectivity index (χ1v) is 38.5. The van der Waals surface area contributed by atoms with Crippen molar-refractivity contribution in [2.24, 2.45) is 0 Å². The molecule has 0 fully saturated rings. The lowest BCUT2D eigenvalue weighted by Gasteiger charge is -2.47. The van der Waals surface area contributed by atoms with E-state index in [1.54, 1.807) is 0 Å². The molecule has 18 aromatic rings. The second-order valence-electron chi connectivity index (χ2n) is 33.1. The van der Waals surface area contributed by atoms with E-state index in [-0.39, 0.29) is 23.0 Å². The van der Waals surface area contributed by atoms with Gasteiger partial charge in [-0.3, -0.25) is 0 Å². The first kappa shape index (κ1) is 65.8. The maximum Gasteiger partial charge on any atom is 0.252 e. The van der Waals surface area contributed by atoms with E-state index in [1.807, 2.05) is 0 Å². The molecule has 5 heteroatoms. The van der Waals surface area contributed by atoms with Crippen molar-refractivity contribution in [1.82, 2.24) is 4.57 Å². The Labute approximate surface area is 638 Å². The summed E-state index contributed by atoms with van der Waals surface area (Å²) in [5.74, 6) is 0. The lowest BCUT2D eigenvalue weighted by atomic mass is 9.33. The summed E-state index contributed by atoms with van der Waals surface area (Å²) in [5, 5.41) is 9.36. The minimum Gasteiger partial charge on any atom is -0.455 e. The van der Waals surface area contributed by atoms with Gasteiger partial charge in [0, 0.05) is 83.4 Å². The van der Waals surface area contributed by atoms with E-state index < -0.39 is 0 Å². The van der Waals surface area contributed by atoms with Gasteiger partial charge in [0.15, 0.2) is 0 Å². The van der Waals surface area contributed by atoms with Gasteiger partial charge >= 0.3 is 0 Å². The zero-order chi connectivity index (χ0) is 73.8. The predicted molar refractivity (Wildman–Crippen MR) is 466 cm³/mol. The number of para-hydroxylation sites is 4. The van der Waals surface area contributed by atoms with Crippen LogP contribution < -0.4 is 26.2 Å². The zero-order valence-corrected chi connectivity index (χ0v) is 63.1. The molecule has 0 saturated heterocycles. The number of rotatable bonds is 9. The summed E-state index contributed by atoms with van der Waals surface area (Å²) >= 11 is 0. The summed E-state index contributed by atoms with van der Waals surface area (Å²) in [7, 11) is 0. The Morgan fingerprint density at radius 1 is 0.266 bits per heavy atom. The van der Waals surface area contributed by atoms with E-state index in [1.165, 1.54) is 93.1 Å². The van der Waals surface area contributed by atoms with E-state index in [4.69, 9.17) is 4.42 Å². The Balaban J connectivity index is 0.957. The van der Waals surface area contributed by atoms with Gasteiger partial charge in [-0.2, -0.15) is 0 Å². The number of aromatic nitrogens is 1. The predicted octanol–water partition coefficient (Wildman–Crippen LogP) is 27.0. The Hall–Kier alpha value is -12.7. The van der Waals surface area contributed by atoms with Crippen molar-refractivity contribution in [1.29, 1.82) is 0 Å². The number of nitrogens with zero attached hydrogens (tertiary/aromatic N) is 3. The zero-order valence-electron chi connectivity index (χ0n) is 63.1. The molecule has 4 heterocycles. The molecule has 0 atom stereocenters. The third-order valence-corrected chi connectivity index (χ3v) is 23.4. The molecule has 2 aliphatic heterocycles. The monoisotopic (exact) mass is 1400 g/mol. The van der Waals surface area contributed by atoms with Gasteiger partial charge in [-0.05, 0) is 177 Å². The molecule has 0 amide bonds. The molecule has 2 aromatic heterocycles. The first-order chi connectivity index (χ1) is 53.0. The third kappa shape index (κ3) is 10.6. The van der Waals surface area contributed by atoms with Gasteiger partial charge in [0.25, 0.3) is 6.71 Å². The molecule has 0 bridgehead atoms. The number of furan rings is 1. The highest BCUT2D eigenvalue weighted by atomic mass is 16.3. The van der Waals surface area contributed by atoms with E-state index in [2.05, 4.69) is 410 Å². The topological polar surface area (TPSA) is 24.6 Å².